The van der Waals surface area contributed by atoms with Gasteiger partial charge in [-0.05, 0) is 43.0 Å². The van der Waals surface area contributed by atoms with E-state index in [0.717, 1.165) is 57.5 Å². The molecule has 0 aliphatic heterocycles. The van der Waals surface area contributed by atoms with Crippen molar-refractivity contribution in [2.75, 3.05) is 20.3 Å². The van der Waals surface area contributed by atoms with Gasteiger partial charge >= 0.3 is 0 Å². The predicted octanol–water partition coefficient (Wildman–Crippen LogP) is 6.55. The highest BCUT2D eigenvalue weighted by atomic mass is 32.1. The Hall–Kier alpha value is -3.35. The number of carbonyl (C=O) groups is 1. The molecule has 0 saturated heterocycles. The van der Waals surface area contributed by atoms with Gasteiger partial charge in [0.25, 0.3) is 0 Å². The summed E-state index contributed by atoms with van der Waals surface area (Å²) in [4.78, 5) is 11.5. The number of nitrogens with zero attached hydrogens (tertiary/aromatic N) is 2. The largest absolute Gasteiger partial charge is 0.494 e. The molecule has 4 rings (SSSR count). The van der Waals surface area contributed by atoms with E-state index in [4.69, 9.17) is 9.47 Å². The second kappa shape index (κ2) is 11.0. The second-order valence-electron chi connectivity index (χ2n) is 7.70. The average Bonchev–Trinajstić information content (AvgIpc) is 3.35. The number of rotatable bonds is 10. The lowest BCUT2D eigenvalue weighted by Gasteiger charge is -2.08. The van der Waals surface area contributed by atoms with E-state index >= 15 is 0 Å². The number of hydrogen-bond acceptors (Lipinski definition) is 6. The highest BCUT2D eigenvalue weighted by Gasteiger charge is 2.10. The van der Waals surface area contributed by atoms with Gasteiger partial charge in [0.15, 0.2) is 5.78 Å². The lowest BCUT2D eigenvalue weighted by atomic mass is 10.0. The first-order valence-corrected chi connectivity index (χ1v) is 11.7. The molecule has 168 valence electrons. The third-order valence-corrected chi connectivity index (χ3v) is 6.32. The van der Waals surface area contributed by atoms with Crippen molar-refractivity contribution in [3.8, 4) is 38.0 Å². The molecule has 1 aromatic heterocycles. The van der Waals surface area contributed by atoms with Crippen LogP contribution in [0.15, 0.2) is 72.8 Å². The standard InChI is InChI=1S/C27H26N2O3S/c1-19(30)20-5-9-23(10-6-20)26-28-29-27(33-26)24-11-7-21(8-12-24)22-13-15-25(16-14-22)32-18-4-3-17-31-2/h5-16H,3-4,17-18H2,1-2H3. The van der Waals surface area contributed by atoms with Crippen molar-refractivity contribution in [3.05, 3.63) is 78.4 Å². The van der Waals surface area contributed by atoms with Crippen LogP contribution in [0.5, 0.6) is 5.75 Å². The molecule has 6 heteroatoms. The fourth-order valence-electron chi connectivity index (χ4n) is 3.39. The number of ether oxygens (including phenoxy) is 2. The third kappa shape index (κ3) is 5.92. The van der Waals surface area contributed by atoms with Gasteiger partial charge in [0.1, 0.15) is 15.8 Å². The molecule has 0 N–H and O–H groups in total. The lowest BCUT2D eigenvalue weighted by molar-refractivity contribution is 0.101. The molecule has 33 heavy (non-hydrogen) atoms. The minimum absolute atomic E-state index is 0.0553. The summed E-state index contributed by atoms with van der Waals surface area (Å²) in [6, 6.07) is 24.0. The third-order valence-electron chi connectivity index (χ3n) is 5.29. The number of benzene rings is 3. The summed E-state index contributed by atoms with van der Waals surface area (Å²) in [6.45, 7) is 3.03. The van der Waals surface area contributed by atoms with Crippen LogP contribution in [-0.2, 0) is 4.74 Å². The van der Waals surface area contributed by atoms with Crippen molar-refractivity contribution in [3.63, 3.8) is 0 Å². The number of hydrogen-bond donors (Lipinski definition) is 0. The van der Waals surface area contributed by atoms with Gasteiger partial charge in [-0.15, -0.1) is 10.2 Å². The number of Topliss-reactive ketones (excluding diaryl/α,β-unsaturated/α-hetero) is 1. The molecule has 0 saturated carbocycles. The van der Waals surface area contributed by atoms with Gasteiger partial charge in [-0.25, -0.2) is 0 Å². The Morgan fingerprint density at radius 3 is 1.76 bits per heavy atom. The van der Waals surface area contributed by atoms with Crippen LogP contribution in [0.25, 0.3) is 32.3 Å². The molecule has 0 fully saturated rings. The van der Waals surface area contributed by atoms with Crippen LogP contribution >= 0.6 is 11.3 Å². The molecule has 0 bridgehead atoms. The molecule has 0 aliphatic carbocycles. The summed E-state index contributed by atoms with van der Waals surface area (Å²) in [6.07, 6.45) is 1.98. The van der Waals surface area contributed by atoms with E-state index in [1.807, 2.05) is 36.4 Å². The molecule has 4 aromatic rings. The molecule has 0 atom stereocenters. The molecule has 0 unspecified atom stereocenters. The van der Waals surface area contributed by atoms with Crippen molar-refractivity contribution in [2.24, 2.45) is 0 Å². The zero-order chi connectivity index (χ0) is 23.0. The van der Waals surface area contributed by atoms with Crippen LogP contribution < -0.4 is 4.74 Å². The van der Waals surface area contributed by atoms with E-state index in [9.17, 15) is 4.79 Å². The molecule has 0 radical (unpaired) electrons. The Balaban J connectivity index is 1.40. The Bertz CT molecular complexity index is 1180. The number of aromatic nitrogens is 2. The van der Waals surface area contributed by atoms with Crippen LogP contribution in [0.4, 0.5) is 0 Å². The van der Waals surface area contributed by atoms with Gasteiger partial charge in [0.2, 0.25) is 0 Å². The average molecular weight is 459 g/mol. The second-order valence-corrected chi connectivity index (χ2v) is 8.67. The molecular weight excluding hydrogens is 432 g/mol. The number of methoxy groups -OCH3 is 1. The van der Waals surface area contributed by atoms with Crippen molar-refractivity contribution >= 4 is 17.1 Å². The zero-order valence-electron chi connectivity index (χ0n) is 18.8. The molecule has 3 aromatic carbocycles. The molecule has 0 aliphatic rings. The van der Waals surface area contributed by atoms with E-state index in [1.165, 1.54) is 11.3 Å². The SMILES string of the molecule is COCCCCOc1ccc(-c2ccc(-c3nnc(-c4ccc(C(C)=O)cc4)s3)cc2)cc1. The smallest absolute Gasteiger partial charge is 0.159 e. The van der Waals surface area contributed by atoms with E-state index in [1.54, 1.807) is 14.0 Å². The summed E-state index contributed by atoms with van der Waals surface area (Å²) >= 11 is 1.54. The summed E-state index contributed by atoms with van der Waals surface area (Å²) in [7, 11) is 1.72. The fraction of sp³-hybridized carbons (Fsp3) is 0.222. The van der Waals surface area contributed by atoms with Gasteiger partial charge in [0.05, 0.1) is 6.61 Å². The van der Waals surface area contributed by atoms with Gasteiger partial charge in [-0.1, -0.05) is 72.0 Å². The highest BCUT2D eigenvalue weighted by molar-refractivity contribution is 7.17. The van der Waals surface area contributed by atoms with Crippen LogP contribution in [0.3, 0.4) is 0 Å². The number of carbonyl (C=O) groups excluding carboxylic acids is 1. The Morgan fingerprint density at radius 2 is 1.21 bits per heavy atom. The molecule has 1 heterocycles. The fourth-order valence-corrected chi connectivity index (χ4v) is 4.25. The molecular formula is C27H26N2O3S. The van der Waals surface area contributed by atoms with E-state index < -0.39 is 0 Å². The van der Waals surface area contributed by atoms with E-state index in [0.29, 0.717) is 12.2 Å². The highest BCUT2D eigenvalue weighted by Crippen LogP contribution is 2.31. The van der Waals surface area contributed by atoms with E-state index in [2.05, 4.69) is 46.6 Å². The topological polar surface area (TPSA) is 61.3 Å². The summed E-state index contributed by atoms with van der Waals surface area (Å²) in [5, 5.41) is 10.4. The first kappa shape index (κ1) is 22.8. The Labute approximate surface area is 198 Å². The summed E-state index contributed by atoms with van der Waals surface area (Å²) in [5.74, 6) is 0.935. The maximum atomic E-state index is 11.5. The van der Waals surface area contributed by atoms with Crippen LogP contribution in [0, 0.1) is 0 Å². The lowest BCUT2D eigenvalue weighted by Crippen LogP contribution is -1.99. The van der Waals surface area contributed by atoms with Gasteiger partial charge in [-0.2, -0.15) is 0 Å². The maximum absolute atomic E-state index is 11.5. The zero-order valence-corrected chi connectivity index (χ0v) is 19.6. The number of ketones is 1. The molecule has 0 amide bonds. The minimum atomic E-state index is 0.0553. The van der Waals surface area contributed by atoms with Gasteiger partial charge in [-0.3, -0.25) is 4.79 Å². The van der Waals surface area contributed by atoms with Crippen molar-refractivity contribution in [2.45, 2.75) is 19.8 Å². The minimum Gasteiger partial charge on any atom is -0.494 e. The number of unbranched alkanes of at least 4 members (excludes halogenated alkanes) is 1. The monoisotopic (exact) mass is 458 g/mol. The first-order valence-electron chi connectivity index (χ1n) is 10.9. The predicted molar refractivity (Wildman–Crippen MR) is 133 cm³/mol. The van der Waals surface area contributed by atoms with Crippen LogP contribution in [0.2, 0.25) is 0 Å². The van der Waals surface area contributed by atoms with E-state index in [-0.39, 0.29) is 5.78 Å². The first-order chi connectivity index (χ1) is 16.1. The van der Waals surface area contributed by atoms with Crippen LogP contribution in [0.1, 0.15) is 30.1 Å². The van der Waals surface area contributed by atoms with Crippen molar-refractivity contribution < 1.29 is 14.3 Å². The van der Waals surface area contributed by atoms with Gasteiger partial charge in [0, 0.05) is 30.4 Å². The van der Waals surface area contributed by atoms with Crippen LogP contribution in [-0.4, -0.2) is 36.3 Å². The molecule has 0 spiro atoms. The Morgan fingerprint density at radius 1 is 0.727 bits per heavy atom. The van der Waals surface area contributed by atoms with Crippen molar-refractivity contribution in [1.82, 2.24) is 10.2 Å². The quantitative estimate of drug-likeness (QED) is 0.199. The van der Waals surface area contributed by atoms with Gasteiger partial charge < -0.3 is 9.47 Å². The Kier molecular flexibility index (Phi) is 7.60. The summed E-state index contributed by atoms with van der Waals surface area (Å²) in [5.41, 5.74) is 4.95. The maximum Gasteiger partial charge on any atom is 0.159 e. The normalized spacial score (nSPS) is 10.8. The molecule has 5 nitrogen and oxygen atoms in total. The summed E-state index contributed by atoms with van der Waals surface area (Å²) < 4.78 is 10.8. The van der Waals surface area contributed by atoms with Crippen molar-refractivity contribution in [1.29, 1.82) is 0 Å².